The number of amides is 3. The molecule has 0 bridgehead atoms. The molecule has 8 nitrogen and oxygen atoms in total. The Hall–Kier alpha value is -4.38. The van der Waals surface area contributed by atoms with Crippen LogP contribution in [0.2, 0.25) is 5.02 Å². The molecule has 11 heteroatoms. The van der Waals surface area contributed by atoms with E-state index in [0.717, 1.165) is 22.1 Å². The van der Waals surface area contributed by atoms with Crippen LogP contribution in [0.5, 0.6) is 5.75 Å². The molecule has 5 aromatic rings. The molecule has 3 heterocycles. The van der Waals surface area contributed by atoms with E-state index in [1.54, 1.807) is 36.4 Å². The van der Waals surface area contributed by atoms with E-state index in [9.17, 15) is 19.2 Å². The minimum Gasteiger partial charge on any atom is -0.483 e. The van der Waals surface area contributed by atoms with Crippen molar-refractivity contribution < 1.29 is 19.1 Å². The van der Waals surface area contributed by atoms with Gasteiger partial charge in [0.15, 0.2) is 6.61 Å². The van der Waals surface area contributed by atoms with Crippen LogP contribution in [0.4, 0.5) is 11.4 Å². The number of para-hydroxylation sites is 1. The van der Waals surface area contributed by atoms with Crippen molar-refractivity contribution in [3.8, 4) is 5.75 Å². The molecule has 3 unspecified atom stereocenters. The van der Waals surface area contributed by atoms with Gasteiger partial charge in [-0.15, -0.1) is 0 Å². The van der Waals surface area contributed by atoms with Crippen LogP contribution in [-0.2, 0) is 14.4 Å². The number of aromatic amines is 1. The summed E-state index contributed by atoms with van der Waals surface area (Å²) >= 11 is 8.26. The number of benzene rings is 4. The summed E-state index contributed by atoms with van der Waals surface area (Å²) in [6.45, 7) is -0.282. The van der Waals surface area contributed by atoms with E-state index in [-0.39, 0.29) is 29.2 Å². The molecule has 2 aliphatic heterocycles. The summed E-state index contributed by atoms with van der Waals surface area (Å²) in [7, 11) is 0. The van der Waals surface area contributed by atoms with Crippen LogP contribution >= 0.6 is 34.7 Å². The minimum absolute atomic E-state index is 0.273. The fourth-order valence-corrected chi connectivity index (χ4v) is 8.36. The predicted octanol–water partition coefficient (Wildman–Crippen LogP) is 6.06. The number of H-pyrrole nitrogens is 1. The number of hydrogen-bond acceptors (Lipinski definition) is 7. The van der Waals surface area contributed by atoms with Crippen LogP contribution in [0.1, 0.15) is 16.4 Å². The summed E-state index contributed by atoms with van der Waals surface area (Å²) in [6, 6.07) is 27.1. The van der Waals surface area contributed by atoms with Crippen molar-refractivity contribution >= 4 is 74.6 Å². The maximum absolute atomic E-state index is 14.0. The number of fused-ring (bicyclic) bond motifs is 3. The number of carbonyl (C=O) groups is 3. The van der Waals surface area contributed by atoms with Crippen LogP contribution in [0.15, 0.2) is 101 Å². The molecule has 0 spiro atoms. The summed E-state index contributed by atoms with van der Waals surface area (Å²) < 4.78 is 6.07. The Labute approximate surface area is 258 Å². The average Bonchev–Trinajstić information content (AvgIpc) is 3.51. The monoisotopic (exact) mass is 627 g/mol. The second-order valence-electron chi connectivity index (χ2n) is 10.1. The molecule has 7 rings (SSSR count). The van der Waals surface area contributed by atoms with E-state index in [1.165, 1.54) is 16.7 Å². The number of nitrogens with zero attached hydrogens (tertiary/aromatic N) is 1. The topological polar surface area (TPSA) is 109 Å². The lowest BCUT2D eigenvalue weighted by molar-refractivity contribution is -0.122. The Morgan fingerprint density at radius 2 is 1.65 bits per heavy atom. The molecule has 0 saturated carbocycles. The molecular weight excluding hydrogens is 606 g/mol. The van der Waals surface area contributed by atoms with Gasteiger partial charge in [-0.1, -0.05) is 89.3 Å². The first kappa shape index (κ1) is 27.5. The predicted molar refractivity (Wildman–Crippen MR) is 168 cm³/mol. The number of ether oxygens (including phenoxy) is 1. The van der Waals surface area contributed by atoms with Crippen molar-refractivity contribution in [1.82, 2.24) is 4.98 Å². The molecule has 43 heavy (non-hydrogen) atoms. The number of rotatable bonds is 6. The van der Waals surface area contributed by atoms with Gasteiger partial charge in [-0.3, -0.25) is 19.2 Å². The van der Waals surface area contributed by atoms with Gasteiger partial charge in [-0.05, 0) is 41.8 Å². The highest BCUT2D eigenvalue weighted by Gasteiger charge is 2.56. The summed E-state index contributed by atoms with van der Waals surface area (Å²) in [6.07, 6.45) is 0. The van der Waals surface area contributed by atoms with Gasteiger partial charge in [0, 0.05) is 32.5 Å². The summed E-state index contributed by atoms with van der Waals surface area (Å²) in [5.41, 5.74) is 1.72. The van der Waals surface area contributed by atoms with Crippen LogP contribution in [0, 0.1) is 5.92 Å². The Morgan fingerprint density at radius 1 is 0.907 bits per heavy atom. The summed E-state index contributed by atoms with van der Waals surface area (Å²) in [5.74, 6) is -2.13. The number of anilines is 2. The van der Waals surface area contributed by atoms with Gasteiger partial charge in [-0.25, -0.2) is 4.90 Å². The molecular formula is C32H22ClN3O5S2. The van der Waals surface area contributed by atoms with Crippen molar-refractivity contribution in [3.63, 3.8) is 0 Å². The summed E-state index contributed by atoms with van der Waals surface area (Å²) in [4.78, 5) is 57.6. The van der Waals surface area contributed by atoms with E-state index >= 15 is 0 Å². The van der Waals surface area contributed by atoms with Gasteiger partial charge in [0.1, 0.15) is 11.0 Å². The van der Waals surface area contributed by atoms with Crippen LogP contribution in [-0.4, -0.2) is 34.6 Å². The first-order valence-corrected chi connectivity index (χ1v) is 15.5. The fraction of sp³-hybridized carbons (Fsp3) is 0.125. The number of carbonyl (C=O) groups excluding carboxylic acids is 3. The summed E-state index contributed by atoms with van der Waals surface area (Å²) in [5, 5.41) is 5.13. The molecule has 1 aromatic heterocycles. The molecule has 2 N–H and O–H groups in total. The normalized spacial score (nSPS) is 19.3. The average molecular weight is 628 g/mol. The molecule has 3 atom stereocenters. The molecule has 4 aromatic carbocycles. The van der Waals surface area contributed by atoms with Gasteiger partial charge >= 0.3 is 4.87 Å². The number of thiazole rings is 1. The Bertz CT molecular complexity index is 1970. The lowest BCUT2D eigenvalue weighted by atomic mass is 9.82. The van der Waals surface area contributed by atoms with E-state index in [4.69, 9.17) is 16.3 Å². The van der Waals surface area contributed by atoms with Gasteiger partial charge in [0.25, 0.3) is 5.91 Å². The Kier molecular flexibility index (Phi) is 7.04. The lowest BCUT2D eigenvalue weighted by Gasteiger charge is -2.30. The third-order valence-corrected chi connectivity index (χ3v) is 10.2. The van der Waals surface area contributed by atoms with Crippen LogP contribution in [0.3, 0.4) is 0 Å². The number of nitrogens with one attached hydrogen (secondary N) is 2. The number of halogens is 1. The standard InChI is InChI=1S/C32H22ClN3O5S2/c33-18-12-14-19(15-13-18)36-30(38)26-25(27-29(35-32(40)43-27)42-28(26)31(36)39)21-9-3-4-11-23(21)41-16-24(37)34-22-10-5-7-17-6-1-2-8-20(17)22/h1-15,25-26,28H,16H2,(H,34,37)(H,35,40). The zero-order valence-electron chi connectivity index (χ0n) is 22.3. The van der Waals surface area contributed by atoms with Crippen molar-refractivity contribution in [2.45, 2.75) is 16.2 Å². The van der Waals surface area contributed by atoms with E-state index < -0.39 is 17.1 Å². The van der Waals surface area contributed by atoms with Crippen molar-refractivity contribution in [1.29, 1.82) is 0 Å². The third-order valence-electron chi connectivity index (χ3n) is 7.59. The van der Waals surface area contributed by atoms with Crippen LogP contribution < -0.4 is 19.8 Å². The van der Waals surface area contributed by atoms with E-state index in [2.05, 4.69) is 10.3 Å². The van der Waals surface area contributed by atoms with Crippen molar-refractivity contribution in [2.75, 3.05) is 16.8 Å². The number of thioether (sulfide) groups is 1. The molecule has 0 radical (unpaired) electrons. The molecule has 2 aliphatic rings. The Balaban J connectivity index is 1.21. The maximum atomic E-state index is 14.0. The first-order valence-electron chi connectivity index (χ1n) is 13.4. The van der Waals surface area contributed by atoms with Gasteiger partial charge in [-0.2, -0.15) is 0 Å². The van der Waals surface area contributed by atoms with Crippen molar-refractivity contribution in [3.05, 3.63) is 116 Å². The second kappa shape index (κ2) is 11.0. The number of aromatic nitrogens is 1. The van der Waals surface area contributed by atoms with E-state index in [0.29, 0.717) is 37.6 Å². The van der Waals surface area contributed by atoms with Gasteiger partial charge < -0.3 is 15.0 Å². The van der Waals surface area contributed by atoms with Gasteiger partial charge in [0.2, 0.25) is 11.8 Å². The zero-order chi connectivity index (χ0) is 29.7. The fourth-order valence-electron chi connectivity index (χ4n) is 5.73. The second-order valence-corrected chi connectivity index (χ2v) is 12.7. The highest BCUT2D eigenvalue weighted by molar-refractivity contribution is 8.00. The van der Waals surface area contributed by atoms with Crippen molar-refractivity contribution in [2.24, 2.45) is 5.92 Å². The Morgan fingerprint density at radius 3 is 2.49 bits per heavy atom. The lowest BCUT2D eigenvalue weighted by Crippen LogP contribution is -2.32. The smallest absolute Gasteiger partial charge is 0.305 e. The number of hydrogen-bond donors (Lipinski definition) is 2. The number of imide groups is 1. The first-order chi connectivity index (χ1) is 20.9. The van der Waals surface area contributed by atoms with Crippen LogP contribution in [0.25, 0.3) is 10.8 Å². The van der Waals surface area contributed by atoms with E-state index in [1.807, 2.05) is 54.6 Å². The molecule has 1 fully saturated rings. The molecule has 214 valence electrons. The highest BCUT2D eigenvalue weighted by Crippen LogP contribution is 2.54. The SMILES string of the molecule is O=C(COc1ccccc1C1c2sc(=O)[nH]c2SC2C(=O)N(c3ccc(Cl)cc3)C(=O)C21)Nc1cccc2ccccc12. The van der Waals surface area contributed by atoms with Gasteiger partial charge in [0.05, 0.1) is 16.6 Å². The highest BCUT2D eigenvalue weighted by atomic mass is 35.5. The minimum atomic E-state index is -0.790. The zero-order valence-corrected chi connectivity index (χ0v) is 24.7. The maximum Gasteiger partial charge on any atom is 0.305 e. The molecule has 3 amide bonds. The third kappa shape index (κ3) is 4.91. The largest absolute Gasteiger partial charge is 0.483 e. The quantitative estimate of drug-likeness (QED) is 0.222. The molecule has 0 aliphatic carbocycles. The molecule has 1 saturated heterocycles.